The second-order valence-electron chi connectivity index (χ2n) is 4.53. The summed E-state index contributed by atoms with van der Waals surface area (Å²) in [4.78, 5) is 17.5. The van der Waals surface area contributed by atoms with Crippen molar-refractivity contribution in [2.45, 2.75) is 0 Å². The average Bonchev–Trinajstić information content (AvgIpc) is 3.03. The van der Waals surface area contributed by atoms with Gasteiger partial charge in [0.1, 0.15) is 25.6 Å². The van der Waals surface area contributed by atoms with E-state index in [2.05, 4.69) is 46.8 Å². The number of halogens is 2. The van der Waals surface area contributed by atoms with Crippen molar-refractivity contribution >= 4 is 56.4 Å². The van der Waals surface area contributed by atoms with Crippen LogP contribution in [0.3, 0.4) is 0 Å². The molecule has 0 fully saturated rings. The van der Waals surface area contributed by atoms with Crippen LogP contribution in [0.5, 0.6) is 0 Å². The molecule has 0 aliphatic rings. The van der Waals surface area contributed by atoms with Gasteiger partial charge >= 0.3 is 7.60 Å². The Hall–Kier alpha value is -0.780. The van der Waals surface area contributed by atoms with Crippen LogP contribution in [0.4, 0.5) is 5.82 Å². The normalized spacial score (nSPS) is 11.9. The highest BCUT2D eigenvalue weighted by Gasteiger charge is 2.24. The average molecular weight is 503 g/mol. The first kappa shape index (κ1) is 20.5. The molecular weight excluding hydrogens is 485 g/mol. The molecule has 2 N–H and O–H groups in total. The molecule has 0 saturated carbocycles. The number of alkyl halides is 2. The Morgan fingerprint density at radius 1 is 1.08 bits per heavy atom. The van der Waals surface area contributed by atoms with E-state index in [-0.39, 0.29) is 38.6 Å². The smallest absolute Gasteiger partial charge is 0.356 e. The SMILES string of the molecule is Nc1ncnc2c1ncn2OCCOCP(=O)(OCCBr)OCCBr. The van der Waals surface area contributed by atoms with Gasteiger partial charge in [-0.05, 0) is 0 Å². The second-order valence-corrected chi connectivity index (χ2v) is 8.11. The number of imidazole rings is 1. The number of hydrogen-bond donors (Lipinski definition) is 1. The Balaban J connectivity index is 1.79. The number of hydrogen-bond acceptors (Lipinski definition) is 9. The van der Waals surface area contributed by atoms with Crippen LogP contribution in [0, 0.1) is 0 Å². The number of anilines is 1. The van der Waals surface area contributed by atoms with Gasteiger partial charge in [0.25, 0.3) is 0 Å². The summed E-state index contributed by atoms with van der Waals surface area (Å²) < 4.78 is 29.7. The van der Waals surface area contributed by atoms with Crippen LogP contribution in [0.15, 0.2) is 12.7 Å². The molecule has 2 heterocycles. The Morgan fingerprint density at radius 3 is 2.48 bits per heavy atom. The molecule has 0 aliphatic carbocycles. The largest absolute Gasteiger partial charge is 0.408 e. The predicted octanol–water partition coefficient (Wildman–Crippen LogP) is 1.83. The zero-order valence-corrected chi connectivity index (χ0v) is 17.3. The van der Waals surface area contributed by atoms with E-state index in [4.69, 9.17) is 24.4 Å². The lowest BCUT2D eigenvalue weighted by atomic mass is 10.5. The maximum absolute atomic E-state index is 12.4. The lowest BCUT2D eigenvalue weighted by Gasteiger charge is -2.17. The first-order valence-electron chi connectivity index (χ1n) is 7.24. The van der Waals surface area contributed by atoms with E-state index in [1.165, 1.54) is 17.4 Å². The highest BCUT2D eigenvalue weighted by molar-refractivity contribution is 9.09. The summed E-state index contributed by atoms with van der Waals surface area (Å²) in [6.45, 7) is 0.898. The van der Waals surface area contributed by atoms with Gasteiger partial charge in [-0.1, -0.05) is 31.9 Å². The molecule has 2 aromatic heterocycles. The molecule has 0 atom stereocenters. The fraction of sp³-hybridized carbons (Fsp3) is 0.583. The highest BCUT2D eigenvalue weighted by Crippen LogP contribution is 2.48. The molecule has 2 aromatic rings. The molecule has 0 bridgehead atoms. The van der Waals surface area contributed by atoms with Crippen LogP contribution in [-0.4, -0.2) is 63.1 Å². The van der Waals surface area contributed by atoms with E-state index in [0.29, 0.717) is 21.8 Å². The number of nitrogen functional groups attached to an aromatic ring is 1. The topological polar surface area (TPSA) is 124 Å². The van der Waals surface area contributed by atoms with Crippen molar-refractivity contribution in [3.63, 3.8) is 0 Å². The number of nitrogens with two attached hydrogens (primary N) is 1. The number of aromatic nitrogens is 4. The molecule has 140 valence electrons. The van der Waals surface area contributed by atoms with Crippen LogP contribution in [0.2, 0.25) is 0 Å². The molecule has 25 heavy (non-hydrogen) atoms. The molecule has 2 rings (SSSR count). The van der Waals surface area contributed by atoms with Gasteiger partial charge in [-0.3, -0.25) is 4.57 Å². The van der Waals surface area contributed by atoms with Crippen molar-refractivity contribution in [2.75, 3.05) is 49.2 Å². The molecule has 0 saturated heterocycles. The van der Waals surface area contributed by atoms with Gasteiger partial charge in [0.2, 0.25) is 5.65 Å². The summed E-state index contributed by atoms with van der Waals surface area (Å²) in [5, 5.41) is 1.10. The minimum absolute atomic E-state index is 0.157. The molecule has 10 nitrogen and oxygen atoms in total. The molecule has 0 unspecified atom stereocenters. The van der Waals surface area contributed by atoms with Gasteiger partial charge in [0.15, 0.2) is 11.3 Å². The summed E-state index contributed by atoms with van der Waals surface area (Å²) >= 11 is 6.42. The minimum Gasteiger partial charge on any atom is -0.408 e. The van der Waals surface area contributed by atoms with Crippen molar-refractivity contribution in [3.8, 4) is 0 Å². The Labute approximate surface area is 161 Å². The summed E-state index contributed by atoms with van der Waals surface area (Å²) in [6.07, 6.45) is 2.61. The fourth-order valence-corrected chi connectivity index (χ4v) is 3.90. The number of nitrogens with zero attached hydrogens (tertiary/aromatic N) is 4. The van der Waals surface area contributed by atoms with E-state index in [1.807, 2.05) is 0 Å². The highest BCUT2D eigenvalue weighted by atomic mass is 79.9. The van der Waals surface area contributed by atoms with E-state index in [1.54, 1.807) is 0 Å². The minimum atomic E-state index is -3.29. The van der Waals surface area contributed by atoms with E-state index in [9.17, 15) is 4.57 Å². The van der Waals surface area contributed by atoms with Crippen molar-refractivity contribution < 1.29 is 23.2 Å². The summed E-state index contributed by atoms with van der Waals surface area (Å²) in [7, 11) is -3.29. The third-order valence-electron chi connectivity index (χ3n) is 2.77. The molecule has 0 aliphatic heterocycles. The third-order valence-corrected chi connectivity index (χ3v) is 5.07. The molecule has 0 aromatic carbocycles. The van der Waals surface area contributed by atoms with Gasteiger partial charge in [0, 0.05) is 10.7 Å². The number of rotatable bonds is 12. The van der Waals surface area contributed by atoms with Gasteiger partial charge in [0.05, 0.1) is 19.8 Å². The quantitative estimate of drug-likeness (QED) is 0.263. The summed E-state index contributed by atoms with van der Waals surface area (Å²) in [6, 6.07) is 0. The van der Waals surface area contributed by atoms with Crippen LogP contribution >= 0.6 is 39.5 Å². The number of ether oxygens (including phenoxy) is 1. The fourth-order valence-electron chi connectivity index (χ4n) is 1.76. The Kier molecular flexibility index (Phi) is 8.53. The van der Waals surface area contributed by atoms with Crippen molar-refractivity contribution in [2.24, 2.45) is 0 Å². The lowest BCUT2D eigenvalue weighted by Crippen LogP contribution is -2.17. The van der Waals surface area contributed by atoms with Crippen LogP contribution in [-0.2, 0) is 18.3 Å². The maximum Gasteiger partial charge on any atom is 0.356 e. The van der Waals surface area contributed by atoms with Crippen molar-refractivity contribution in [1.82, 2.24) is 19.7 Å². The molecule has 13 heteroatoms. The van der Waals surface area contributed by atoms with Crippen LogP contribution < -0.4 is 10.6 Å². The van der Waals surface area contributed by atoms with Crippen LogP contribution in [0.25, 0.3) is 11.2 Å². The predicted molar refractivity (Wildman–Crippen MR) is 99.1 cm³/mol. The van der Waals surface area contributed by atoms with E-state index in [0.717, 1.165) is 0 Å². The number of fused-ring (bicyclic) bond motifs is 1. The van der Waals surface area contributed by atoms with Crippen molar-refractivity contribution in [1.29, 1.82) is 0 Å². The third kappa shape index (κ3) is 6.15. The molecule has 0 radical (unpaired) electrons. The van der Waals surface area contributed by atoms with Crippen molar-refractivity contribution in [3.05, 3.63) is 12.7 Å². The van der Waals surface area contributed by atoms with Gasteiger partial charge in [-0.25, -0.2) is 15.0 Å². The van der Waals surface area contributed by atoms with Crippen LogP contribution in [0.1, 0.15) is 0 Å². The second kappa shape index (κ2) is 10.4. The monoisotopic (exact) mass is 501 g/mol. The summed E-state index contributed by atoms with van der Waals surface area (Å²) in [5.41, 5.74) is 6.62. The first-order valence-corrected chi connectivity index (χ1v) is 11.2. The molecule has 0 spiro atoms. The molecule has 0 amide bonds. The lowest BCUT2D eigenvalue weighted by molar-refractivity contribution is 0.0489. The van der Waals surface area contributed by atoms with Gasteiger partial charge in [-0.15, -0.1) is 0 Å². The zero-order chi connectivity index (χ0) is 18.1. The summed E-state index contributed by atoms with van der Waals surface area (Å²) in [5.74, 6) is 0.275. The van der Waals surface area contributed by atoms with Gasteiger partial charge in [-0.2, -0.15) is 4.73 Å². The van der Waals surface area contributed by atoms with E-state index >= 15 is 0 Å². The van der Waals surface area contributed by atoms with E-state index < -0.39 is 7.60 Å². The molecular formula is C12H18Br2N5O5P. The standard InChI is InChI=1S/C12H18Br2N5O5P/c13-1-3-23-25(20,24-4-2-14)9-21-5-6-22-19-8-18-10-11(15)16-7-17-12(10)19/h7-8H,1-6,9H2,(H2,15,16,17). The Morgan fingerprint density at radius 2 is 1.80 bits per heavy atom. The maximum atomic E-state index is 12.4. The van der Waals surface area contributed by atoms with Gasteiger partial charge < -0.3 is 24.4 Å². The first-order chi connectivity index (χ1) is 12.1. The zero-order valence-electron chi connectivity index (χ0n) is 13.2. The Bertz CT molecular complexity index is 706.